The minimum absolute atomic E-state index is 0.261. The predicted octanol–water partition coefficient (Wildman–Crippen LogP) is 5.17. The number of nitrogens with one attached hydrogen (secondary N) is 1. The molecule has 3 aromatic carbocycles. The van der Waals surface area contributed by atoms with Crippen LogP contribution in [-0.2, 0) is 0 Å². The Labute approximate surface area is 168 Å². The average molecular weight is 385 g/mol. The molecule has 144 valence electrons. The van der Waals surface area contributed by atoms with E-state index in [-0.39, 0.29) is 17.8 Å². The third kappa shape index (κ3) is 3.94. The number of carbonyl (C=O) groups is 1. The first-order chi connectivity index (χ1) is 14.1. The lowest BCUT2D eigenvalue weighted by atomic mass is 10.1. The van der Waals surface area contributed by atoms with E-state index in [0.29, 0.717) is 16.8 Å². The van der Waals surface area contributed by atoms with Gasteiger partial charge in [-0.25, -0.2) is 9.07 Å². The molecule has 1 atom stereocenters. The maximum absolute atomic E-state index is 13.5. The molecule has 4 rings (SSSR count). The molecule has 29 heavy (non-hydrogen) atoms. The molecule has 0 bridgehead atoms. The molecule has 0 aliphatic rings. The topological polar surface area (TPSA) is 46.9 Å². The van der Waals surface area contributed by atoms with Crippen LogP contribution in [0.1, 0.15) is 28.9 Å². The van der Waals surface area contributed by atoms with Crippen molar-refractivity contribution in [1.82, 2.24) is 15.1 Å². The van der Waals surface area contributed by atoms with Gasteiger partial charge in [0.05, 0.1) is 29.2 Å². The molecule has 5 heteroatoms. The van der Waals surface area contributed by atoms with Crippen LogP contribution in [0, 0.1) is 5.82 Å². The number of rotatable bonds is 5. The van der Waals surface area contributed by atoms with Gasteiger partial charge in [-0.2, -0.15) is 5.10 Å². The first-order valence-electron chi connectivity index (χ1n) is 9.38. The highest BCUT2D eigenvalue weighted by Crippen LogP contribution is 2.27. The Balaban J connectivity index is 1.72. The molecule has 0 aliphatic carbocycles. The molecule has 0 radical (unpaired) electrons. The fourth-order valence-electron chi connectivity index (χ4n) is 3.29. The fourth-order valence-corrected chi connectivity index (χ4v) is 3.29. The lowest BCUT2D eigenvalue weighted by molar-refractivity contribution is 0.0940. The second-order valence-corrected chi connectivity index (χ2v) is 6.77. The fraction of sp³-hybridized carbons (Fsp3) is 0.0833. The van der Waals surface area contributed by atoms with Gasteiger partial charge in [-0.3, -0.25) is 4.79 Å². The summed E-state index contributed by atoms with van der Waals surface area (Å²) in [5, 5.41) is 7.43. The Morgan fingerprint density at radius 3 is 2.34 bits per heavy atom. The normalized spacial score (nSPS) is 11.8. The summed E-state index contributed by atoms with van der Waals surface area (Å²) >= 11 is 0. The zero-order valence-electron chi connectivity index (χ0n) is 15.9. The predicted molar refractivity (Wildman–Crippen MR) is 111 cm³/mol. The number of hydrogen-bond acceptors (Lipinski definition) is 2. The summed E-state index contributed by atoms with van der Waals surface area (Å²) in [6, 6.07) is 25.2. The summed E-state index contributed by atoms with van der Waals surface area (Å²) < 4.78 is 15.3. The SMILES string of the molecule is CC(NC(=O)c1cnn(-c2ccccc2)c1-c1ccccc1)c1cccc(F)c1. The Morgan fingerprint density at radius 1 is 0.966 bits per heavy atom. The van der Waals surface area contributed by atoms with Crippen LogP contribution in [-0.4, -0.2) is 15.7 Å². The van der Waals surface area contributed by atoms with Crippen LogP contribution >= 0.6 is 0 Å². The molecule has 0 fully saturated rings. The largest absolute Gasteiger partial charge is 0.345 e. The minimum atomic E-state index is -0.345. The van der Waals surface area contributed by atoms with Gasteiger partial charge in [-0.1, -0.05) is 60.7 Å². The van der Waals surface area contributed by atoms with Crippen LogP contribution in [0.4, 0.5) is 4.39 Å². The maximum atomic E-state index is 13.5. The molecule has 4 nitrogen and oxygen atoms in total. The number of amides is 1. The number of nitrogens with zero attached hydrogens (tertiary/aromatic N) is 2. The van der Waals surface area contributed by atoms with Crippen molar-refractivity contribution in [1.29, 1.82) is 0 Å². The van der Waals surface area contributed by atoms with Crippen LogP contribution in [0.25, 0.3) is 16.9 Å². The van der Waals surface area contributed by atoms with E-state index < -0.39 is 0 Å². The van der Waals surface area contributed by atoms with Crippen LogP contribution < -0.4 is 5.32 Å². The molecule has 1 heterocycles. The van der Waals surface area contributed by atoms with Crippen LogP contribution in [0.3, 0.4) is 0 Å². The molecule has 0 saturated carbocycles. The van der Waals surface area contributed by atoms with Crippen LogP contribution in [0.15, 0.2) is 91.1 Å². The summed E-state index contributed by atoms with van der Waals surface area (Å²) in [4.78, 5) is 13.1. The number of para-hydroxylation sites is 1. The molecule has 1 amide bonds. The Hall–Kier alpha value is -3.73. The van der Waals surface area contributed by atoms with Crippen molar-refractivity contribution >= 4 is 5.91 Å². The van der Waals surface area contributed by atoms with Gasteiger partial charge in [0.15, 0.2) is 0 Å². The van der Waals surface area contributed by atoms with E-state index in [4.69, 9.17) is 0 Å². The van der Waals surface area contributed by atoms with Crippen LogP contribution in [0.5, 0.6) is 0 Å². The quantitative estimate of drug-likeness (QED) is 0.515. The van der Waals surface area contributed by atoms with Gasteiger partial charge in [0.2, 0.25) is 0 Å². The smallest absolute Gasteiger partial charge is 0.255 e. The van der Waals surface area contributed by atoms with Crippen molar-refractivity contribution in [3.05, 3.63) is 108 Å². The Morgan fingerprint density at radius 2 is 1.66 bits per heavy atom. The van der Waals surface area contributed by atoms with Crippen molar-refractivity contribution in [2.24, 2.45) is 0 Å². The molecular formula is C24H20FN3O. The van der Waals surface area contributed by atoms with E-state index in [1.807, 2.05) is 67.6 Å². The first-order valence-corrected chi connectivity index (χ1v) is 9.38. The number of hydrogen-bond donors (Lipinski definition) is 1. The Kier molecular flexibility index (Phi) is 5.20. The van der Waals surface area contributed by atoms with E-state index in [2.05, 4.69) is 10.4 Å². The standard InChI is InChI=1S/C24H20FN3O/c1-17(19-11-8-12-20(25)15-19)27-24(29)22-16-26-28(21-13-6-3-7-14-21)23(22)18-9-4-2-5-10-18/h2-17H,1H3,(H,27,29). The molecule has 0 saturated heterocycles. The first kappa shape index (κ1) is 18.6. The number of aromatic nitrogens is 2. The number of carbonyl (C=O) groups excluding carboxylic acids is 1. The molecule has 1 aromatic heterocycles. The molecular weight excluding hydrogens is 365 g/mol. The van der Waals surface area contributed by atoms with E-state index in [1.165, 1.54) is 12.1 Å². The monoisotopic (exact) mass is 385 g/mol. The molecule has 4 aromatic rings. The number of halogens is 1. The molecule has 1 N–H and O–H groups in total. The summed E-state index contributed by atoms with van der Waals surface area (Å²) in [7, 11) is 0. The maximum Gasteiger partial charge on any atom is 0.255 e. The van der Waals surface area contributed by atoms with Gasteiger partial charge in [0.25, 0.3) is 5.91 Å². The average Bonchev–Trinajstić information content (AvgIpc) is 3.20. The summed E-state index contributed by atoms with van der Waals surface area (Å²) in [6.45, 7) is 1.83. The molecule has 1 unspecified atom stereocenters. The highest BCUT2D eigenvalue weighted by Gasteiger charge is 2.21. The van der Waals surface area contributed by atoms with Gasteiger partial charge >= 0.3 is 0 Å². The molecule has 0 aliphatic heterocycles. The van der Waals surface area contributed by atoms with E-state index in [1.54, 1.807) is 23.0 Å². The van der Waals surface area contributed by atoms with E-state index in [9.17, 15) is 9.18 Å². The van der Waals surface area contributed by atoms with Gasteiger partial charge in [-0.15, -0.1) is 0 Å². The van der Waals surface area contributed by atoms with Gasteiger partial charge in [0.1, 0.15) is 5.82 Å². The lowest BCUT2D eigenvalue weighted by Crippen LogP contribution is -2.27. The zero-order chi connectivity index (χ0) is 20.2. The van der Waals surface area contributed by atoms with E-state index in [0.717, 1.165) is 11.3 Å². The van der Waals surface area contributed by atoms with Gasteiger partial charge in [-0.05, 0) is 36.8 Å². The zero-order valence-corrected chi connectivity index (χ0v) is 15.9. The minimum Gasteiger partial charge on any atom is -0.345 e. The van der Waals surface area contributed by atoms with Gasteiger partial charge < -0.3 is 5.32 Å². The lowest BCUT2D eigenvalue weighted by Gasteiger charge is -2.15. The van der Waals surface area contributed by atoms with Crippen molar-refractivity contribution in [2.75, 3.05) is 0 Å². The Bertz CT molecular complexity index is 1120. The van der Waals surface area contributed by atoms with Crippen molar-refractivity contribution in [2.45, 2.75) is 13.0 Å². The third-order valence-corrected chi connectivity index (χ3v) is 4.76. The van der Waals surface area contributed by atoms with Crippen molar-refractivity contribution < 1.29 is 9.18 Å². The van der Waals surface area contributed by atoms with Crippen LogP contribution in [0.2, 0.25) is 0 Å². The summed E-state index contributed by atoms with van der Waals surface area (Å²) in [5.41, 5.74) is 3.63. The second-order valence-electron chi connectivity index (χ2n) is 6.77. The highest BCUT2D eigenvalue weighted by molar-refractivity contribution is 6.00. The highest BCUT2D eigenvalue weighted by atomic mass is 19.1. The van der Waals surface area contributed by atoms with Gasteiger partial charge in [0, 0.05) is 5.56 Å². The van der Waals surface area contributed by atoms with Crippen molar-refractivity contribution in [3.63, 3.8) is 0 Å². The summed E-state index contributed by atoms with van der Waals surface area (Å²) in [6.07, 6.45) is 1.57. The number of benzene rings is 3. The summed E-state index contributed by atoms with van der Waals surface area (Å²) in [5.74, 6) is -0.590. The third-order valence-electron chi connectivity index (χ3n) is 4.76. The second kappa shape index (κ2) is 8.10. The van der Waals surface area contributed by atoms with E-state index >= 15 is 0 Å². The molecule has 0 spiro atoms. The van der Waals surface area contributed by atoms with Crippen molar-refractivity contribution in [3.8, 4) is 16.9 Å².